The van der Waals surface area contributed by atoms with Gasteiger partial charge in [0.05, 0.1) is 12.6 Å². The van der Waals surface area contributed by atoms with Gasteiger partial charge < -0.3 is 5.32 Å². The molecule has 3 rings (SSSR count). The molecular formula is C14H17N5O. The molecule has 6 nitrogen and oxygen atoms in total. The van der Waals surface area contributed by atoms with Crippen molar-refractivity contribution in [3.8, 4) is 0 Å². The lowest BCUT2D eigenvalue weighted by molar-refractivity contribution is 0.0949. The molecule has 2 aromatic rings. The minimum atomic E-state index is -0.105. The van der Waals surface area contributed by atoms with Gasteiger partial charge in [0.1, 0.15) is 0 Å². The van der Waals surface area contributed by atoms with Crippen molar-refractivity contribution < 1.29 is 4.79 Å². The van der Waals surface area contributed by atoms with Gasteiger partial charge in [0.2, 0.25) is 0 Å². The second kappa shape index (κ2) is 5.81. The molecule has 0 radical (unpaired) electrons. The number of benzene rings is 1. The average Bonchev–Trinajstić information content (AvgIpc) is 3.16. The van der Waals surface area contributed by atoms with Gasteiger partial charge in [-0.25, -0.2) is 4.68 Å². The van der Waals surface area contributed by atoms with Crippen LogP contribution in [0.4, 0.5) is 0 Å². The minimum Gasteiger partial charge on any atom is -0.345 e. The molecule has 1 heterocycles. The number of nitrogens with one attached hydrogen (secondary N) is 1. The van der Waals surface area contributed by atoms with Gasteiger partial charge in [-0.05, 0) is 35.4 Å². The Morgan fingerprint density at radius 3 is 2.75 bits per heavy atom. The summed E-state index contributed by atoms with van der Waals surface area (Å²) in [6.07, 6.45) is 4.68. The van der Waals surface area contributed by atoms with E-state index in [1.807, 2.05) is 22.9 Å². The highest BCUT2D eigenvalue weighted by atomic mass is 16.1. The van der Waals surface area contributed by atoms with Crippen molar-refractivity contribution >= 4 is 5.91 Å². The van der Waals surface area contributed by atoms with Gasteiger partial charge >= 0.3 is 0 Å². The molecule has 1 aromatic carbocycles. The van der Waals surface area contributed by atoms with E-state index in [4.69, 9.17) is 0 Å². The smallest absolute Gasteiger partial charge is 0.251 e. The fraction of sp³-hybridized carbons (Fsp3) is 0.429. The second-order valence-electron chi connectivity index (χ2n) is 5.03. The summed E-state index contributed by atoms with van der Waals surface area (Å²) in [6.45, 7) is 0.358. The zero-order chi connectivity index (χ0) is 13.8. The Labute approximate surface area is 117 Å². The van der Waals surface area contributed by atoms with Crippen LogP contribution in [0.15, 0.2) is 30.3 Å². The highest BCUT2D eigenvalue weighted by Crippen LogP contribution is 2.28. The van der Waals surface area contributed by atoms with E-state index in [2.05, 4.69) is 20.8 Å². The normalized spacial score (nSPS) is 15.4. The molecule has 0 bridgehead atoms. The number of hydrogen-bond donors (Lipinski definition) is 1. The van der Waals surface area contributed by atoms with E-state index in [0.29, 0.717) is 18.2 Å². The van der Waals surface area contributed by atoms with E-state index in [1.165, 1.54) is 12.8 Å². The lowest BCUT2D eigenvalue weighted by Crippen LogP contribution is -2.25. The van der Waals surface area contributed by atoms with Crippen molar-refractivity contribution in [2.75, 3.05) is 0 Å². The molecule has 20 heavy (non-hydrogen) atoms. The predicted molar refractivity (Wildman–Crippen MR) is 72.9 cm³/mol. The molecule has 1 amide bonds. The topological polar surface area (TPSA) is 72.7 Å². The number of aromatic nitrogens is 4. The summed E-state index contributed by atoms with van der Waals surface area (Å²) in [5.41, 5.74) is 0.646. The lowest BCUT2D eigenvalue weighted by Gasteiger charge is -2.11. The van der Waals surface area contributed by atoms with Crippen LogP contribution in [-0.4, -0.2) is 26.1 Å². The Hall–Kier alpha value is -2.24. The zero-order valence-corrected chi connectivity index (χ0v) is 11.2. The molecule has 0 spiro atoms. The summed E-state index contributed by atoms with van der Waals surface area (Å²) in [5.74, 6) is 0.618. The largest absolute Gasteiger partial charge is 0.345 e. The second-order valence-corrected chi connectivity index (χ2v) is 5.03. The van der Waals surface area contributed by atoms with E-state index in [1.54, 1.807) is 12.1 Å². The summed E-state index contributed by atoms with van der Waals surface area (Å²) in [7, 11) is 0. The van der Waals surface area contributed by atoms with Crippen LogP contribution in [0, 0.1) is 0 Å². The fourth-order valence-electron chi connectivity index (χ4n) is 2.61. The average molecular weight is 271 g/mol. The quantitative estimate of drug-likeness (QED) is 0.919. The van der Waals surface area contributed by atoms with Crippen LogP contribution in [0.1, 0.15) is 47.9 Å². The highest BCUT2D eigenvalue weighted by Gasteiger charge is 2.21. The summed E-state index contributed by atoms with van der Waals surface area (Å²) in [4.78, 5) is 12.0. The zero-order valence-electron chi connectivity index (χ0n) is 11.2. The summed E-state index contributed by atoms with van der Waals surface area (Å²) >= 11 is 0. The van der Waals surface area contributed by atoms with Crippen LogP contribution in [0.3, 0.4) is 0 Å². The SMILES string of the molecule is O=C(NCc1nnnn1C1CCCC1)c1ccccc1. The van der Waals surface area contributed by atoms with Crippen molar-refractivity contribution in [3.05, 3.63) is 41.7 Å². The molecule has 0 saturated heterocycles. The molecule has 1 N–H and O–H groups in total. The fourth-order valence-corrected chi connectivity index (χ4v) is 2.61. The Morgan fingerprint density at radius 1 is 1.25 bits per heavy atom. The number of amides is 1. The third-order valence-electron chi connectivity index (χ3n) is 3.67. The van der Waals surface area contributed by atoms with Gasteiger partial charge in [0.25, 0.3) is 5.91 Å². The van der Waals surface area contributed by atoms with E-state index in [-0.39, 0.29) is 5.91 Å². The van der Waals surface area contributed by atoms with Crippen molar-refractivity contribution in [3.63, 3.8) is 0 Å². The number of carbonyl (C=O) groups excluding carboxylic acids is 1. The van der Waals surface area contributed by atoms with Crippen molar-refractivity contribution in [2.45, 2.75) is 38.3 Å². The first-order valence-electron chi connectivity index (χ1n) is 6.94. The van der Waals surface area contributed by atoms with E-state index in [9.17, 15) is 4.79 Å². The number of tetrazole rings is 1. The Balaban J connectivity index is 1.64. The first-order chi connectivity index (χ1) is 9.84. The van der Waals surface area contributed by atoms with E-state index < -0.39 is 0 Å². The van der Waals surface area contributed by atoms with Crippen LogP contribution >= 0.6 is 0 Å². The standard InChI is InChI=1S/C14H17N5O/c20-14(11-6-2-1-3-7-11)15-10-13-16-17-18-19(13)12-8-4-5-9-12/h1-3,6-7,12H,4-5,8-10H2,(H,15,20). The van der Waals surface area contributed by atoms with E-state index >= 15 is 0 Å². The summed E-state index contributed by atoms with van der Waals surface area (Å²) < 4.78 is 1.86. The van der Waals surface area contributed by atoms with Gasteiger partial charge in [-0.1, -0.05) is 31.0 Å². The van der Waals surface area contributed by atoms with Crippen LogP contribution in [0.5, 0.6) is 0 Å². The third-order valence-corrected chi connectivity index (χ3v) is 3.67. The van der Waals surface area contributed by atoms with Gasteiger partial charge in [0.15, 0.2) is 5.82 Å². The summed E-state index contributed by atoms with van der Waals surface area (Å²) in [5, 5.41) is 14.7. The van der Waals surface area contributed by atoms with Crippen molar-refractivity contribution in [2.24, 2.45) is 0 Å². The van der Waals surface area contributed by atoms with Crippen LogP contribution < -0.4 is 5.32 Å². The molecule has 0 atom stereocenters. The minimum absolute atomic E-state index is 0.105. The maximum atomic E-state index is 12.0. The van der Waals surface area contributed by atoms with Gasteiger partial charge in [-0.2, -0.15) is 0 Å². The Bertz CT molecular complexity index is 574. The monoisotopic (exact) mass is 271 g/mol. The number of carbonyl (C=O) groups is 1. The first-order valence-corrected chi connectivity index (χ1v) is 6.94. The van der Waals surface area contributed by atoms with Crippen LogP contribution in [0.2, 0.25) is 0 Å². The first kappa shape index (κ1) is 12.8. The molecule has 1 aliphatic rings. The third kappa shape index (κ3) is 2.68. The van der Waals surface area contributed by atoms with Crippen molar-refractivity contribution in [1.29, 1.82) is 0 Å². The maximum Gasteiger partial charge on any atom is 0.251 e. The summed E-state index contributed by atoms with van der Waals surface area (Å²) in [6, 6.07) is 9.53. The van der Waals surface area contributed by atoms with Crippen molar-refractivity contribution in [1.82, 2.24) is 25.5 Å². The molecular weight excluding hydrogens is 254 g/mol. The molecule has 6 heteroatoms. The molecule has 1 aliphatic carbocycles. The Kier molecular flexibility index (Phi) is 3.71. The van der Waals surface area contributed by atoms with Crippen LogP contribution in [-0.2, 0) is 6.54 Å². The molecule has 1 aromatic heterocycles. The van der Waals surface area contributed by atoms with E-state index in [0.717, 1.165) is 18.7 Å². The number of hydrogen-bond acceptors (Lipinski definition) is 4. The maximum absolute atomic E-state index is 12.0. The molecule has 0 aliphatic heterocycles. The van der Waals surface area contributed by atoms with Gasteiger partial charge in [-0.3, -0.25) is 4.79 Å². The molecule has 1 fully saturated rings. The lowest BCUT2D eigenvalue weighted by atomic mass is 10.2. The molecule has 1 saturated carbocycles. The highest BCUT2D eigenvalue weighted by molar-refractivity contribution is 5.93. The number of nitrogens with zero attached hydrogens (tertiary/aromatic N) is 4. The van der Waals surface area contributed by atoms with Gasteiger partial charge in [-0.15, -0.1) is 5.10 Å². The number of rotatable bonds is 4. The van der Waals surface area contributed by atoms with Gasteiger partial charge in [0, 0.05) is 5.56 Å². The molecule has 104 valence electrons. The van der Waals surface area contributed by atoms with Crippen LogP contribution in [0.25, 0.3) is 0 Å². The predicted octanol–water partition coefficient (Wildman–Crippen LogP) is 1.72. The molecule has 0 unspecified atom stereocenters. The Morgan fingerprint density at radius 2 is 2.00 bits per heavy atom.